The van der Waals surface area contributed by atoms with E-state index in [1.807, 2.05) is 42.5 Å². The van der Waals surface area contributed by atoms with E-state index in [0.29, 0.717) is 24.2 Å². The molecule has 0 saturated carbocycles. The van der Waals surface area contributed by atoms with Gasteiger partial charge in [-0.25, -0.2) is 0 Å². The Morgan fingerprint density at radius 2 is 1.26 bits per heavy atom. The summed E-state index contributed by atoms with van der Waals surface area (Å²) in [6.07, 6.45) is 0. The summed E-state index contributed by atoms with van der Waals surface area (Å²) in [6, 6.07) is 23.2. The normalized spacial score (nSPS) is 18.3. The lowest BCUT2D eigenvalue weighted by atomic mass is 9.82. The monoisotopic (exact) mass is 410 g/mol. The van der Waals surface area contributed by atoms with E-state index in [9.17, 15) is 9.59 Å². The maximum absolute atomic E-state index is 13.8. The van der Waals surface area contributed by atoms with Crippen molar-refractivity contribution in [1.29, 1.82) is 0 Å². The lowest BCUT2D eigenvalue weighted by molar-refractivity contribution is 0.0461. The average molecular weight is 411 g/mol. The predicted molar refractivity (Wildman–Crippen MR) is 123 cm³/mol. The molecule has 1 heterocycles. The minimum atomic E-state index is -1.27. The summed E-state index contributed by atoms with van der Waals surface area (Å²) >= 11 is 0. The number of carbonyl (C=O) groups is 2. The highest BCUT2D eigenvalue weighted by molar-refractivity contribution is 6.32. The molecule has 1 aliphatic heterocycles. The van der Waals surface area contributed by atoms with Crippen LogP contribution in [-0.2, 0) is 5.54 Å². The number of carbonyl (C=O) groups excluding carboxylic acids is 2. The Morgan fingerprint density at radius 3 is 1.87 bits per heavy atom. The number of fused-ring (bicyclic) bond motifs is 1. The Hall–Kier alpha value is -3.24. The number of piperazine rings is 1. The van der Waals surface area contributed by atoms with Crippen molar-refractivity contribution in [1.82, 2.24) is 4.90 Å². The molecule has 1 fully saturated rings. The summed E-state index contributed by atoms with van der Waals surface area (Å²) < 4.78 is 0. The van der Waals surface area contributed by atoms with Crippen molar-refractivity contribution in [2.24, 2.45) is 0 Å². The number of aryl methyl sites for hydroxylation is 1. The van der Waals surface area contributed by atoms with Crippen molar-refractivity contribution < 1.29 is 9.59 Å². The fourth-order valence-electron chi connectivity index (χ4n) is 5.14. The van der Waals surface area contributed by atoms with Gasteiger partial charge < -0.3 is 4.90 Å². The summed E-state index contributed by atoms with van der Waals surface area (Å²) in [5.74, 6) is -0.195. The molecule has 31 heavy (non-hydrogen) atoms. The summed E-state index contributed by atoms with van der Waals surface area (Å²) in [5, 5.41) is 0. The van der Waals surface area contributed by atoms with Crippen molar-refractivity contribution in [3.63, 3.8) is 0 Å². The molecule has 4 nitrogen and oxygen atoms in total. The van der Waals surface area contributed by atoms with Crippen LogP contribution in [0.1, 0.15) is 37.4 Å². The lowest BCUT2D eigenvalue weighted by Crippen LogP contribution is -2.60. The van der Waals surface area contributed by atoms with Crippen molar-refractivity contribution in [3.05, 3.63) is 101 Å². The maximum Gasteiger partial charge on any atom is 0.196 e. The number of nitrogens with zero attached hydrogens (tertiary/aromatic N) is 2. The number of benzene rings is 3. The number of anilines is 1. The molecule has 5 rings (SSSR count). The molecule has 3 aromatic rings. The molecule has 3 aromatic carbocycles. The molecule has 0 unspecified atom stereocenters. The van der Waals surface area contributed by atoms with Gasteiger partial charge in [-0.05, 0) is 36.6 Å². The SMILES string of the molecule is Cc1cccc(N2CCN(C3(c4ccccc4)C(=O)c4ccccc4C3=O)CC2)c1C. The predicted octanol–water partition coefficient (Wildman–Crippen LogP) is 4.40. The van der Waals surface area contributed by atoms with Crippen LogP contribution in [0.5, 0.6) is 0 Å². The van der Waals surface area contributed by atoms with Crippen molar-refractivity contribution >= 4 is 17.3 Å². The minimum absolute atomic E-state index is 0.0977. The van der Waals surface area contributed by atoms with Gasteiger partial charge in [0.2, 0.25) is 0 Å². The van der Waals surface area contributed by atoms with Crippen molar-refractivity contribution in [3.8, 4) is 0 Å². The molecule has 0 spiro atoms. The Labute approximate surface area is 183 Å². The number of rotatable bonds is 3. The molecule has 0 aromatic heterocycles. The van der Waals surface area contributed by atoms with Gasteiger partial charge in [-0.2, -0.15) is 0 Å². The molecule has 1 aliphatic carbocycles. The molecule has 0 radical (unpaired) electrons. The van der Waals surface area contributed by atoms with Gasteiger partial charge in [0.15, 0.2) is 17.1 Å². The Bertz CT molecular complexity index is 1130. The van der Waals surface area contributed by atoms with E-state index in [1.54, 1.807) is 12.1 Å². The van der Waals surface area contributed by atoms with E-state index in [2.05, 4.69) is 41.8 Å². The van der Waals surface area contributed by atoms with E-state index in [0.717, 1.165) is 18.7 Å². The minimum Gasteiger partial charge on any atom is -0.369 e. The molecule has 0 N–H and O–H groups in total. The average Bonchev–Trinajstić information content (AvgIpc) is 3.04. The highest BCUT2D eigenvalue weighted by atomic mass is 16.2. The van der Waals surface area contributed by atoms with Gasteiger partial charge in [-0.15, -0.1) is 0 Å². The first-order valence-electron chi connectivity index (χ1n) is 10.9. The van der Waals surface area contributed by atoms with Crippen LogP contribution < -0.4 is 4.90 Å². The zero-order chi connectivity index (χ0) is 21.6. The van der Waals surface area contributed by atoms with Crippen LogP contribution in [0.4, 0.5) is 5.69 Å². The van der Waals surface area contributed by atoms with E-state index >= 15 is 0 Å². The number of hydrogen-bond acceptors (Lipinski definition) is 4. The lowest BCUT2D eigenvalue weighted by Gasteiger charge is -2.45. The van der Waals surface area contributed by atoms with Crippen molar-refractivity contribution in [2.45, 2.75) is 19.4 Å². The fraction of sp³-hybridized carbons (Fsp3) is 0.259. The zero-order valence-electron chi connectivity index (χ0n) is 18.0. The largest absolute Gasteiger partial charge is 0.369 e. The Morgan fingerprint density at radius 1 is 0.677 bits per heavy atom. The van der Waals surface area contributed by atoms with E-state index in [4.69, 9.17) is 0 Å². The van der Waals surface area contributed by atoms with Crippen molar-refractivity contribution in [2.75, 3.05) is 31.1 Å². The molecule has 156 valence electrons. The molecular weight excluding hydrogens is 384 g/mol. The summed E-state index contributed by atoms with van der Waals surface area (Å²) in [5.41, 5.74) is 4.37. The third-order valence-electron chi connectivity index (χ3n) is 6.94. The highest BCUT2D eigenvalue weighted by Crippen LogP contribution is 2.43. The van der Waals surface area contributed by atoms with Crippen LogP contribution in [0, 0.1) is 13.8 Å². The van der Waals surface area contributed by atoms with Crippen LogP contribution in [0.15, 0.2) is 72.8 Å². The van der Waals surface area contributed by atoms with Gasteiger partial charge >= 0.3 is 0 Å². The topological polar surface area (TPSA) is 40.6 Å². The van der Waals surface area contributed by atoms with Crippen LogP contribution in [0.3, 0.4) is 0 Å². The first-order chi connectivity index (χ1) is 15.0. The highest BCUT2D eigenvalue weighted by Gasteiger charge is 2.58. The van der Waals surface area contributed by atoms with Crippen LogP contribution in [-0.4, -0.2) is 42.6 Å². The van der Waals surface area contributed by atoms with Crippen LogP contribution in [0.2, 0.25) is 0 Å². The van der Waals surface area contributed by atoms with Crippen LogP contribution in [0.25, 0.3) is 0 Å². The molecule has 0 bridgehead atoms. The molecule has 0 atom stereocenters. The molecule has 0 amide bonds. The third kappa shape index (κ3) is 2.86. The Balaban J connectivity index is 1.53. The van der Waals surface area contributed by atoms with Gasteiger partial charge in [0.25, 0.3) is 0 Å². The van der Waals surface area contributed by atoms with E-state index < -0.39 is 5.54 Å². The van der Waals surface area contributed by atoms with Crippen LogP contribution >= 0.6 is 0 Å². The first kappa shape index (κ1) is 19.7. The standard InChI is InChI=1S/C27H26N2O2/c1-19-9-8-14-24(20(19)2)28-15-17-29(18-16-28)27(21-10-4-3-5-11-21)25(30)22-12-6-7-13-23(22)26(27)31/h3-14H,15-18H2,1-2H3. The second-order valence-corrected chi connectivity index (χ2v) is 8.47. The summed E-state index contributed by atoms with van der Waals surface area (Å²) in [4.78, 5) is 32.1. The van der Waals surface area contributed by atoms with Gasteiger partial charge in [-0.3, -0.25) is 14.5 Å². The van der Waals surface area contributed by atoms with E-state index in [-0.39, 0.29) is 11.6 Å². The molecule has 2 aliphatic rings. The maximum atomic E-state index is 13.8. The second kappa shape index (κ2) is 7.47. The molecule has 1 saturated heterocycles. The first-order valence-corrected chi connectivity index (χ1v) is 10.9. The van der Waals surface area contributed by atoms with Gasteiger partial charge in [-0.1, -0.05) is 66.7 Å². The van der Waals surface area contributed by atoms with Gasteiger partial charge in [0.05, 0.1) is 0 Å². The van der Waals surface area contributed by atoms with Gasteiger partial charge in [0, 0.05) is 43.0 Å². The number of ketones is 2. The number of hydrogen-bond donors (Lipinski definition) is 0. The molecule has 4 heteroatoms. The zero-order valence-corrected chi connectivity index (χ0v) is 18.0. The smallest absolute Gasteiger partial charge is 0.196 e. The summed E-state index contributed by atoms with van der Waals surface area (Å²) in [6.45, 7) is 7.13. The molecular formula is C27H26N2O2. The van der Waals surface area contributed by atoms with E-state index in [1.165, 1.54) is 16.8 Å². The summed E-state index contributed by atoms with van der Waals surface area (Å²) in [7, 11) is 0. The Kier molecular flexibility index (Phi) is 4.75. The van der Waals surface area contributed by atoms with Gasteiger partial charge in [0.1, 0.15) is 0 Å². The number of Topliss-reactive ketones (excluding diaryl/α,β-unsaturated/α-hetero) is 2. The second-order valence-electron chi connectivity index (χ2n) is 8.47. The quantitative estimate of drug-likeness (QED) is 0.600. The third-order valence-corrected chi connectivity index (χ3v) is 6.94. The fourth-order valence-corrected chi connectivity index (χ4v) is 5.14.